The quantitative estimate of drug-likeness (QED) is 0.891. The summed E-state index contributed by atoms with van der Waals surface area (Å²) in [5, 5.41) is 3.43. The number of nitrogens with one attached hydrogen (secondary N) is 1. The zero-order valence-corrected chi connectivity index (χ0v) is 16.2. The molecule has 2 heterocycles. The normalized spacial score (nSPS) is 15.7. The average molecular weight is 377 g/mol. The highest BCUT2D eigenvalue weighted by Crippen LogP contribution is 2.33. The molecule has 1 N–H and O–H groups in total. The van der Waals surface area contributed by atoms with Crippen LogP contribution in [-0.4, -0.2) is 60.4 Å². The van der Waals surface area contributed by atoms with Gasteiger partial charge in [-0.15, -0.1) is 11.3 Å². The molecule has 5 nitrogen and oxygen atoms in total. The van der Waals surface area contributed by atoms with Gasteiger partial charge in [0.2, 0.25) is 5.91 Å². The molecule has 0 unspecified atom stereocenters. The van der Waals surface area contributed by atoms with E-state index in [1.165, 1.54) is 17.4 Å². The van der Waals surface area contributed by atoms with Gasteiger partial charge in [-0.2, -0.15) is 0 Å². The lowest BCUT2D eigenvalue weighted by Crippen LogP contribution is -2.51. The number of fused-ring (bicyclic) bond motifs is 1. The van der Waals surface area contributed by atoms with E-state index in [0.717, 1.165) is 4.70 Å². The fourth-order valence-corrected chi connectivity index (χ4v) is 4.47. The predicted octanol–water partition coefficient (Wildman–Crippen LogP) is 2.63. The summed E-state index contributed by atoms with van der Waals surface area (Å²) >= 11 is 1.35. The van der Waals surface area contributed by atoms with Crippen LogP contribution in [-0.2, 0) is 4.79 Å². The second-order valence-corrected chi connectivity index (χ2v) is 8.01. The second kappa shape index (κ2) is 7.72. The van der Waals surface area contributed by atoms with Gasteiger partial charge in [0, 0.05) is 42.3 Å². The molecule has 3 rings (SSSR count). The van der Waals surface area contributed by atoms with Crippen LogP contribution in [0.3, 0.4) is 0 Å². The van der Waals surface area contributed by atoms with Crippen LogP contribution in [0.15, 0.2) is 18.2 Å². The predicted molar refractivity (Wildman–Crippen MR) is 102 cm³/mol. The molecule has 1 aliphatic heterocycles. The zero-order valence-electron chi connectivity index (χ0n) is 15.3. The van der Waals surface area contributed by atoms with E-state index >= 15 is 0 Å². The third kappa shape index (κ3) is 3.88. The Morgan fingerprint density at radius 1 is 1.23 bits per heavy atom. The van der Waals surface area contributed by atoms with Crippen molar-refractivity contribution in [1.29, 1.82) is 0 Å². The lowest BCUT2D eigenvalue weighted by molar-refractivity contribution is -0.123. The second-order valence-electron chi connectivity index (χ2n) is 6.96. The van der Waals surface area contributed by atoms with E-state index in [0.29, 0.717) is 48.6 Å². The topological polar surface area (TPSA) is 52.7 Å². The molecule has 1 aromatic heterocycles. The number of hydrogen-bond donors (Lipinski definition) is 1. The molecule has 1 saturated heterocycles. The fourth-order valence-electron chi connectivity index (χ4n) is 3.28. The Kier molecular flexibility index (Phi) is 5.58. The minimum Gasteiger partial charge on any atom is -0.353 e. The molecule has 140 valence electrons. The first-order chi connectivity index (χ1) is 12.4. The number of nitrogens with zero attached hydrogens (tertiary/aromatic N) is 2. The molecule has 0 aliphatic carbocycles. The van der Waals surface area contributed by atoms with Crippen LogP contribution in [0.4, 0.5) is 4.39 Å². The van der Waals surface area contributed by atoms with E-state index in [4.69, 9.17) is 0 Å². The summed E-state index contributed by atoms with van der Waals surface area (Å²) in [7, 11) is 0. The Labute approximate surface area is 156 Å². The van der Waals surface area contributed by atoms with Crippen LogP contribution in [0.2, 0.25) is 0 Å². The number of amides is 2. The van der Waals surface area contributed by atoms with Crippen molar-refractivity contribution < 1.29 is 14.0 Å². The smallest absolute Gasteiger partial charge is 0.264 e. The number of carbonyl (C=O) groups is 2. The molecular weight excluding hydrogens is 353 g/mol. The highest BCUT2D eigenvalue weighted by molar-refractivity contribution is 7.21. The van der Waals surface area contributed by atoms with Gasteiger partial charge >= 0.3 is 0 Å². The van der Waals surface area contributed by atoms with Crippen LogP contribution in [0.25, 0.3) is 10.1 Å². The third-order valence-corrected chi connectivity index (χ3v) is 5.82. The van der Waals surface area contributed by atoms with E-state index in [1.807, 2.05) is 26.8 Å². The number of thiophene rings is 1. The Morgan fingerprint density at radius 2 is 1.92 bits per heavy atom. The van der Waals surface area contributed by atoms with Gasteiger partial charge in [0.15, 0.2) is 0 Å². The summed E-state index contributed by atoms with van der Waals surface area (Å²) < 4.78 is 14.9. The Balaban J connectivity index is 1.65. The maximum atomic E-state index is 14.1. The first kappa shape index (κ1) is 18.8. The van der Waals surface area contributed by atoms with E-state index < -0.39 is 0 Å². The standard InChI is InChI=1S/C19H24FN3O2S/c1-12(2)21-16(24)11-22-7-9-23(10-8-22)19(25)18-13(3)17-14(20)5-4-6-15(17)26-18/h4-6,12H,7-11H2,1-3H3,(H,21,24). The molecule has 0 spiro atoms. The molecule has 1 aromatic carbocycles. The first-order valence-corrected chi connectivity index (χ1v) is 9.67. The van der Waals surface area contributed by atoms with E-state index in [2.05, 4.69) is 10.2 Å². The van der Waals surface area contributed by atoms with Gasteiger partial charge < -0.3 is 10.2 Å². The highest BCUT2D eigenvalue weighted by Gasteiger charge is 2.26. The summed E-state index contributed by atoms with van der Waals surface area (Å²) in [4.78, 5) is 29.2. The van der Waals surface area contributed by atoms with E-state index in [9.17, 15) is 14.0 Å². The molecule has 0 saturated carbocycles. The van der Waals surface area contributed by atoms with Gasteiger partial charge in [-0.25, -0.2) is 4.39 Å². The number of carbonyl (C=O) groups excluding carboxylic acids is 2. The van der Waals surface area contributed by atoms with E-state index in [1.54, 1.807) is 11.0 Å². The van der Waals surface area contributed by atoms with Crippen LogP contribution in [0.5, 0.6) is 0 Å². The van der Waals surface area contributed by atoms with Crippen molar-refractivity contribution in [2.45, 2.75) is 26.8 Å². The SMILES string of the molecule is Cc1c(C(=O)N2CCN(CC(=O)NC(C)C)CC2)sc2cccc(F)c12. The number of benzene rings is 1. The molecule has 1 aliphatic rings. The lowest BCUT2D eigenvalue weighted by atomic mass is 10.1. The lowest BCUT2D eigenvalue weighted by Gasteiger charge is -2.34. The highest BCUT2D eigenvalue weighted by atomic mass is 32.1. The van der Waals surface area contributed by atoms with Gasteiger partial charge in [-0.05, 0) is 38.5 Å². The van der Waals surface area contributed by atoms with Crippen LogP contribution in [0, 0.1) is 12.7 Å². The summed E-state index contributed by atoms with van der Waals surface area (Å²) in [6, 6.07) is 5.07. The molecule has 26 heavy (non-hydrogen) atoms. The molecule has 0 bridgehead atoms. The van der Waals surface area contributed by atoms with Crippen molar-refractivity contribution in [2.24, 2.45) is 0 Å². The minimum absolute atomic E-state index is 0.00982. The van der Waals surface area contributed by atoms with Crippen molar-refractivity contribution in [2.75, 3.05) is 32.7 Å². The molecule has 0 atom stereocenters. The number of halogens is 1. The van der Waals surface area contributed by atoms with Crippen molar-refractivity contribution >= 4 is 33.2 Å². The van der Waals surface area contributed by atoms with Crippen LogP contribution in [0.1, 0.15) is 29.1 Å². The van der Waals surface area contributed by atoms with Crippen molar-refractivity contribution in [1.82, 2.24) is 15.1 Å². The molecule has 2 aromatic rings. The summed E-state index contributed by atoms with van der Waals surface area (Å²) in [5.74, 6) is -0.318. The third-order valence-electron chi connectivity index (χ3n) is 4.57. The van der Waals surface area contributed by atoms with Crippen molar-refractivity contribution in [3.05, 3.63) is 34.5 Å². The summed E-state index contributed by atoms with van der Waals surface area (Å²) in [6.45, 7) is 8.50. The maximum Gasteiger partial charge on any atom is 0.264 e. The van der Waals surface area contributed by atoms with E-state index in [-0.39, 0.29) is 23.7 Å². The van der Waals surface area contributed by atoms with Gasteiger partial charge in [-0.3, -0.25) is 14.5 Å². The van der Waals surface area contributed by atoms with Gasteiger partial charge in [0.25, 0.3) is 5.91 Å². The number of piperazine rings is 1. The Bertz CT molecular complexity index is 826. The number of aryl methyl sites for hydroxylation is 1. The van der Waals surface area contributed by atoms with Crippen LogP contribution >= 0.6 is 11.3 Å². The summed E-state index contributed by atoms with van der Waals surface area (Å²) in [5.41, 5.74) is 0.715. The summed E-state index contributed by atoms with van der Waals surface area (Å²) in [6.07, 6.45) is 0. The maximum absolute atomic E-state index is 14.1. The van der Waals surface area contributed by atoms with Gasteiger partial charge in [0.1, 0.15) is 5.82 Å². The first-order valence-electron chi connectivity index (χ1n) is 8.85. The number of hydrogen-bond acceptors (Lipinski definition) is 4. The molecule has 2 amide bonds. The zero-order chi connectivity index (χ0) is 18.8. The molecular formula is C19H24FN3O2S. The number of rotatable bonds is 4. The molecule has 0 radical (unpaired) electrons. The van der Waals surface area contributed by atoms with Gasteiger partial charge in [0.05, 0.1) is 11.4 Å². The molecule has 7 heteroatoms. The van der Waals surface area contributed by atoms with Crippen molar-refractivity contribution in [3.63, 3.8) is 0 Å². The van der Waals surface area contributed by atoms with Crippen LogP contribution < -0.4 is 5.32 Å². The molecule has 1 fully saturated rings. The van der Waals surface area contributed by atoms with Crippen molar-refractivity contribution in [3.8, 4) is 0 Å². The fraction of sp³-hybridized carbons (Fsp3) is 0.474. The average Bonchev–Trinajstić information content (AvgIpc) is 2.92. The largest absolute Gasteiger partial charge is 0.353 e. The monoisotopic (exact) mass is 377 g/mol. The Morgan fingerprint density at radius 3 is 2.54 bits per heavy atom. The van der Waals surface area contributed by atoms with Gasteiger partial charge in [-0.1, -0.05) is 6.07 Å². The minimum atomic E-state index is -0.281. The Hall–Kier alpha value is -1.99.